The van der Waals surface area contributed by atoms with E-state index in [0.717, 1.165) is 12.0 Å². The molecule has 1 N–H and O–H groups in total. The topological polar surface area (TPSA) is 20.2 Å². The van der Waals surface area contributed by atoms with Crippen LogP contribution in [-0.2, 0) is 13.0 Å². The fraction of sp³-hybridized carbons (Fsp3) is 0.238. The molecular weight excluding hydrogens is 268 g/mol. The lowest BCUT2D eigenvalue weighted by molar-refractivity contribution is 0.282. The van der Waals surface area contributed by atoms with E-state index in [0.29, 0.717) is 0 Å². The van der Waals surface area contributed by atoms with Gasteiger partial charge in [0.15, 0.2) is 0 Å². The molecule has 0 saturated carbocycles. The number of rotatable bonds is 4. The summed E-state index contributed by atoms with van der Waals surface area (Å²) in [6.07, 6.45) is 3.39. The number of benzene rings is 4. The molecule has 0 fully saturated rings. The van der Waals surface area contributed by atoms with Gasteiger partial charge in [0.1, 0.15) is 0 Å². The molecule has 0 aromatic heterocycles. The van der Waals surface area contributed by atoms with Crippen LogP contribution in [0, 0.1) is 0 Å². The molecule has 0 heterocycles. The third-order valence-corrected chi connectivity index (χ3v) is 4.81. The zero-order valence-electron chi connectivity index (χ0n) is 12.9. The molecule has 0 aliphatic rings. The maximum atomic E-state index is 9.95. The second-order valence-corrected chi connectivity index (χ2v) is 6.13. The van der Waals surface area contributed by atoms with Crippen molar-refractivity contribution in [3.63, 3.8) is 0 Å². The van der Waals surface area contributed by atoms with Crippen LogP contribution in [0.15, 0.2) is 48.5 Å². The van der Waals surface area contributed by atoms with Gasteiger partial charge in [-0.3, -0.25) is 0 Å². The van der Waals surface area contributed by atoms with Gasteiger partial charge >= 0.3 is 0 Å². The molecule has 110 valence electrons. The lowest BCUT2D eigenvalue weighted by Gasteiger charge is -2.16. The van der Waals surface area contributed by atoms with Gasteiger partial charge in [-0.25, -0.2) is 0 Å². The molecule has 4 aromatic rings. The second kappa shape index (κ2) is 5.26. The van der Waals surface area contributed by atoms with E-state index < -0.39 is 0 Å². The Morgan fingerprint density at radius 3 is 2.32 bits per heavy atom. The van der Waals surface area contributed by atoms with Crippen molar-refractivity contribution in [3.05, 3.63) is 59.7 Å². The van der Waals surface area contributed by atoms with Crippen molar-refractivity contribution >= 4 is 32.3 Å². The van der Waals surface area contributed by atoms with E-state index in [1.807, 2.05) is 0 Å². The monoisotopic (exact) mass is 288 g/mol. The molecule has 22 heavy (non-hydrogen) atoms. The van der Waals surface area contributed by atoms with Crippen LogP contribution in [0.4, 0.5) is 0 Å². The standard InChI is InChI=1S/C21H20O/c1-2-3-5-16-12-17-9-8-14-6-4-7-15-10-11-18(19(16)13-22)21(17)20(14)15/h4,6-12,22H,2-3,5,13H2,1H3. The molecule has 4 rings (SSSR count). The lowest BCUT2D eigenvalue weighted by atomic mass is 9.88. The molecule has 0 spiro atoms. The molecule has 0 amide bonds. The first kappa shape index (κ1) is 13.5. The normalized spacial score (nSPS) is 11.9. The first-order valence-corrected chi connectivity index (χ1v) is 8.12. The van der Waals surface area contributed by atoms with Crippen LogP contribution in [0.3, 0.4) is 0 Å². The van der Waals surface area contributed by atoms with Crippen LogP contribution in [0.2, 0.25) is 0 Å². The summed E-state index contributed by atoms with van der Waals surface area (Å²) in [7, 11) is 0. The molecule has 0 saturated heterocycles. The first-order valence-electron chi connectivity index (χ1n) is 8.12. The van der Waals surface area contributed by atoms with Gasteiger partial charge in [0.05, 0.1) is 6.61 Å². The van der Waals surface area contributed by atoms with Crippen molar-refractivity contribution in [2.24, 2.45) is 0 Å². The van der Waals surface area contributed by atoms with Crippen LogP contribution in [0.1, 0.15) is 30.9 Å². The summed E-state index contributed by atoms with van der Waals surface area (Å²) >= 11 is 0. The molecule has 0 atom stereocenters. The number of hydrogen-bond donors (Lipinski definition) is 1. The minimum Gasteiger partial charge on any atom is -0.392 e. The summed E-state index contributed by atoms with van der Waals surface area (Å²) in [6.45, 7) is 2.33. The van der Waals surface area contributed by atoms with Crippen molar-refractivity contribution in [2.75, 3.05) is 0 Å². The van der Waals surface area contributed by atoms with E-state index in [4.69, 9.17) is 0 Å². The molecule has 0 aliphatic heterocycles. The van der Waals surface area contributed by atoms with Crippen molar-refractivity contribution < 1.29 is 5.11 Å². The van der Waals surface area contributed by atoms with Gasteiger partial charge in [-0.15, -0.1) is 0 Å². The first-order chi connectivity index (χ1) is 10.8. The summed E-state index contributed by atoms with van der Waals surface area (Å²) in [5, 5.41) is 17.7. The highest BCUT2D eigenvalue weighted by Gasteiger charge is 2.13. The van der Waals surface area contributed by atoms with Crippen molar-refractivity contribution in [3.8, 4) is 0 Å². The Hall–Kier alpha value is -2.12. The number of aliphatic hydroxyl groups is 1. The maximum Gasteiger partial charge on any atom is 0.0690 e. The minimum absolute atomic E-state index is 0.118. The summed E-state index contributed by atoms with van der Waals surface area (Å²) in [5.74, 6) is 0. The zero-order valence-corrected chi connectivity index (χ0v) is 12.9. The fourth-order valence-corrected chi connectivity index (χ4v) is 3.71. The van der Waals surface area contributed by atoms with Crippen molar-refractivity contribution in [1.82, 2.24) is 0 Å². The van der Waals surface area contributed by atoms with Gasteiger partial charge < -0.3 is 5.11 Å². The van der Waals surface area contributed by atoms with Crippen molar-refractivity contribution in [2.45, 2.75) is 32.8 Å². The highest BCUT2D eigenvalue weighted by atomic mass is 16.3. The summed E-state index contributed by atoms with van der Waals surface area (Å²) in [4.78, 5) is 0. The Bertz CT molecular complexity index is 936. The highest BCUT2D eigenvalue weighted by molar-refractivity contribution is 6.23. The Morgan fingerprint density at radius 1 is 0.864 bits per heavy atom. The molecular formula is C21H20O. The summed E-state index contributed by atoms with van der Waals surface area (Å²) < 4.78 is 0. The Kier molecular flexibility index (Phi) is 3.24. The third-order valence-electron chi connectivity index (χ3n) is 4.81. The Labute approximate surface area is 130 Å². The smallest absolute Gasteiger partial charge is 0.0690 e. The van der Waals surface area contributed by atoms with Crippen LogP contribution < -0.4 is 0 Å². The molecule has 4 aromatic carbocycles. The van der Waals surface area contributed by atoms with Gasteiger partial charge in [-0.1, -0.05) is 61.9 Å². The number of unbranched alkanes of at least 4 members (excludes halogenated alkanes) is 1. The molecule has 0 unspecified atom stereocenters. The predicted molar refractivity (Wildman–Crippen MR) is 94.7 cm³/mol. The Balaban J connectivity index is 2.14. The summed E-state index contributed by atoms with van der Waals surface area (Å²) in [5.41, 5.74) is 2.41. The van der Waals surface area contributed by atoms with Crippen LogP contribution in [0.25, 0.3) is 32.3 Å². The van der Waals surface area contributed by atoms with Gasteiger partial charge in [-0.2, -0.15) is 0 Å². The predicted octanol–water partition coefficient (Wildman–Crippen LogP) is 5.42. The average molecular weight is 288 g/mol. The number of hydrogen-bond acceptors (Lipinski definition) is 1. The van der Waals surface area contributed by atoms with E-state index in [-0.39, 0.29) is 6.61 Å². The zero-order chi connectivity index (χ0) is 15.1. The largest absolute Gasteiger partial charge is 0.392 e. The average Bonchev–Trinajstić information content (AvgIpc) is 2.57. The quantitative estimate of drug-likeness (QED) is 0.497. The van der Waals surface area contributed by atoms with E-state index in [1.54, 1.807) is 0 Å². The molecule has 1 nitrogen and oxygen atoms in total. The summed E-state index contributed by atoms with van der Waals surface area (Å²) in [6, 6.07) is 17.6. The van der Waals surface area contributed by atoms with Gasteiger partial charge in [-0.05, 0) is 56.3 Å². The lowest BCUT2D eigenvalue weighted by Crippen LogP contribution is -1.98. The molecule has 0 bridgehead atoms. The SMILES string of the molecule is CCCCc1cc2ccc3cccc4ccc(c1CO)c2c34. The van der Waals surface area contributed by atoms with Crippen molar-refractivity contribution in [1.29, 1.82) is 0 Å². The van der Waals surface area contributed by atoms with Crippen LogP contribution in [0.5, 0.6) is 0 Å². The highest BCUT2D eigenvalue weighted by Crippen LogP contribution is 2.37. The second-order valence-electron chi connectivity index (χ2n) is 6.13. The number of aryl methyl sites for hydroxylation is 1. The van der Waals surface area contributed by atoms with E-state index in [9.17, 15) is 5.11 Å². The Morgan fingerprint density at radius 2 is 1.59 bits per heavy atom. The molecule has 0 radical (unpaired) electrons. The minimum atomic E-state index is 0.118. The fourth-order valence-electron chi connectivity index (χ4n) is 3.71. The number of aliphatic hydroxyl groups excluding tert-OH is 1. The van der Waals surface area contributed by atoms with Gasteiger partial charge in [0.2, 0.25) is 0 Å². The third kappa shape index (κ3) is 1.89. The van der Waals surface area contributed by atoms with Crippen LogP contribution in [-0.4, -0.2) is 5.11 Å². The molecule has 0 aliphatic carbocycles. The molecule has 1 heteroatoms. The van der Waals surface area contributed by atoms with Crippen LogP contribution >= 0.6 is 0 Å². The van der Waals surface area contributed by atoms with Gasteiger partial charge in [0.25, 0.3) is 0 Å². The van der Waals surface area contributed by atoms with E-state index in [2.05, 4.69) is 55.5 Å². The van der Waals surface area contributed by atoms with E-state index >= 15 is 0 Å². The van der Waals surface area contributed by atoms with Gasteiger partial charge in [0, 0.05) is 0 Å². The van der Waals surface area contributed by atoms with E-state index in [1.165, 1.54) is 50.7 Å². The maximum absolute atomic E-state index is 9.95.